The molecule has 0 saturated heterocycles. The standard InChI is InChI=1S/C16H18Cl2O2/c1-2-20-15-8-13(17)12(7-14(15)18)16(19)11-6-9-3-4-10(11)5-9/h7-11H,2-6H2,1H3. The number of fused-ring (bicyclic) bond motifs is 2. The molecule has 108 valence electrons. The van der Waals surface area contributed by atoms with Crippen LogP contribution in [0.1, 0.15) is 43.0 Å². The molecule has 2 nitrogen and oxygen atoms in total. The van der Waals surface area contributed by atoms with Crippen molar-refractivity contribution in [3.05, 3.63) is 27.7 Å². The van der Waals surface area contributed by atoms with Crippen molar-refractivity contribution in [1.82, 2.24) is 0 Å². The van der Waals surface area contributed by atoms with E-state index < -0.39 is 0 Å². The zero-order valence-corrected chi connectivity index (χ0v) is 13.0. The lowest BCUT2D eigenvalue weighted by Gasteiger charge is -2.21. The van der Waals surface area contributed by atoms with E-state index in [4.69, 9.17) is 27.9 Å². The molecule has 0 aromatic heterocycles. The third-order valence-corrected chi connectivity index (χ3v) is 5.27. The Morgan fingerprint density at radius 2 is 2.05 bits per heavy atom. The Balaban J connectivity index is 1.86. The van der Waals surface area contributed by atoms with Gasteiger partial charge in [-0.15, -0.1) is 0 Å². The van der Waals surface area contributed by atoms with Gasteiger partial charge in [0.05, 0.1) is 16.7 Å². The van der Waals surface area contributed by atoms with Gasteiger partial charge >= 0.3 is 0 Å². The highest BCUT2D eigenvalue weighted by Crippen LogP contribution is 2.50. The number of halogens is 2. The van der Waals surface area contributed by atoms with Crippen molar-refractivity contribution >= 4 is 29.0 Å². The quantitative estimate of drug-likeness (QED) is 0.730. The Kier molecular flexibility index (Phi) is 3.96. The second-order valence-electron chi connectivity index (χ2n) is 5.84. The molecular weight excluding hydrogens is 295 g/mol. The largest absolute Gasteiger partial charge is 0.492 e. The monoisotopic (exact) mass is 312 g/mol. The highest BCUT2D eigenvalue weighted by atomic mass is 35.5. The summed E-state index contributed by atoms with van der Waals surface area (Å²) in [7, 11) is 0. The van der Waals surface area contributed by atoms with E-state index in [1.54, 1.807) is 12.1 Å². The van der Waals surface area contributed by atoms with Gasteiger partial charge in [-0.25, -0.2) is 0 Å². The van der Waals surface area contributed by atoms with E-state index in [9.17, 15) is 4.79 Å². The summed E-state index contributed by atoms with van der Waals surface area (Å²) in [5.74, 6) is 2.14. The lowest BCUT2D eigenvalue weighted by molar-refractivity contribution is 0.0875. The van der Waals surface area contributed by atoms with Crippen molar-refractivity contribution in [1.29, 1.82) is 0 Å². The minimum Gasteiger partial charge on any atom is -0.492 e. The van der Waals surface area contributed by atoms with Crippen LogP contribution >= 0.6 is 23.2 Å². The van der Waals surface area contributed by atoms with Gasteiger partial charge in [0.1, 0.15) is 5.75 Å². The maximum atomic E-state index is 12.7. The number of rotatable bonds is 4. The van der Waals surface area contributed by atoms with Gasteiger partial charge in [0.15, 0.2) is 5.78 Å². The molecule has 3 rings (SSSR count). The van der Waals surface area contributed by atoms with E-state index in [-0.39, 0.29) is 11.7 Å². The first-order valence-electron chi connectivity index (χ1n) is 7.26. The van der Waals surface area contributed by atoms with Gasteiger partial charge in [-0.2, -0.15) is 0 Å². The smallest absolute Gasteiger partial charge is 0.167 e. The molecule has 0 N–H and O–H groups in total. The lowest BCUT2D eigenvalue weighted by Crippen LogP contribution is -2.21. The van der Waals surface area contributed by atoms with Crippen LogP contribution in [0.15, 0.2) is 12.1 Å². The SMILES string of the molecule is CCOc1cc(Cl)c(C(=O)C2CC3CCC2C3)cc1Cl. The molecule has 2 saturated carbocycles. The van der Waals surface area contributed by atoms with Gasteiger partial charge in [-0.05, 0) is 44.1 Å². The van der Waals surface area contributed by atoms with Crippen LogP contribution in [0.2, 0.25) is 10.0 Å². The molecular formula is C16H18Cl2O2. The van der Waals surface area contributed by atoms with Crippen LogP contribution in [0.5, 0.6) is 5.75 Å². The molecule has 4 heteroatoms. The maximum absolute atomic E-state index is 12.7. The second-order valence-corrected chi connectivity index (χ2v) is 6.66. The van der Waals surface area contributed by atoms with Crippen LogP contribution in [0.4, 0.5) is 0 Å². The highest BCUT2D eigenvalue weighted by molar-refractivity contribution is 6.37. The van der Waals surface area contributed by atoms with E-state index in [2.05, 4.69) is 0 Å². The van der Waals surface area contributed by atoms with E-state index in [0.717, 1.165) is 12.3 Å². The first kappa shape index (κ1) is 14.2. The fourth-order valence-corrected chi connectivity index (χ4v) is 4.21. The molecule has 0 amide bonds. The minimum absolute atomic E-state index is 0.139. The normalized spacial score (nSPS) is 27.9. The van der Waals surface area contributed by atoms with Crippen molar-refractivity contribution in [2.45, 2.75) is 32.6 Å². The number of ketones is 1. The van der Waals surface area contributed by atoms with E-state index in [1.165, 1.54) is 19.3 Å². The molecule has 0 radical (unpaired) electrons. The van der Waals surface area contributed by atoms with Crippen molar-refractivity contribution in [3.63, 3.8) is 0 Å². The van der Waals surface area contributed by atoms with Crippen molar-refractivity contribution in [2.24, 2.45) is 17.8 Å². The fourth-order valence-electron chi connectivity index (χ4n) is 3.75. The molecule has 0 aliphatic heterocycles. The number of hydrogen-bond donors (Lipinski definition) is 0. The predicted molar refractivity (Wildman–Crippen MR) is 80.9 cm³/mol. The number of carbonyl (C=O) groups excluding carboxylic acids is 1. The average Bonchev–Trinajstić information content (AvgIpc) is 3.04. The second kappa shape index (κ2) is 5.57. The van der Waals surface area contributed by atoms with Crippen LogP contribution in [0, 0.1) is 17.8 Å². The van der Waals surface area contributed by atoms with Crippen LogP contribution in [0.3, 0.4) is 0 Å². The molecule has 3 unspecified atom stereocenters. The number of benzene rings is 1. The Morgan fingerprint density at radius 1 is 1.25 bits per heavy atom. The number of ether oxygens (including phenoxy) is 1. The van der Waals surface area contributed by atoms with E-state index in [1.807, 2.05) is 6.92 Å². The number of hydrogen-bond acceptors (Lipinski definition) is 2. The van der Waals surface area contributed by atoms with Crippen molar-refractivity contribution in [2.75, 3.05) is 6.61 Å². The average molecular weight is 313 g/mol. The zero-order valence-electron chi connectivity index (χ0n) is 11.5. The lowest BCUT2D eigenvalue weighted by atomic mass is 9.83. The number of Topliss-reactive ketones (excluding diaryl/α,β-unsaturated/α-hetero) is 1. The summed E-state index contributed by atoms with van der Waals surface area (Å²) in [4.78, 5) is 12.7. The summed E-state index contributed by atoms with van der Waals surface area (Å²) in [6.45, 7) is 2.41. The minimum atomic E-state index is 0.139. The summed E-state index contributed by atoms with van der Waals surface area (Å²) in [5.41, 5.74) is 0.553. The van der Waals surface area contributed by atoms with Crippen molar-refractivity contribution < 1.29 is 9.53 Å². The summed E-state index contributed by atoms with van der Waals surface area (Å²) in [5, 5.41) is 0.911. The summed E-state index contributed by atoms with van der Waals surface area (Å²) >= 11 is 12.4. The Hall–Kier alpha value is -0.730. The molecule has 2 fully saturated rings. The molecule has 2 aliphatic carbocycles. The fraction of sp³-hybridized carbons (Fsp3) is 0.562. The molecule has 2 aliphatic rings. The van der Waals surface area contributed by atoms with Crippen LogP contribution < -0.4 is 4.74 Å². The van der Waals surface area contributed by atoms with Gasteiger partial charge < -0.3 is 4.74 Å². The molecule has 3 atom stereocenters. The highest BCUT2D eigenvalue weighted by Gasteiger charge is 2.43. The van der Waals surface area contributed by atoms with Gasteiger partial charge in [-0.3, -0.25) is 4.79 Å². The Morgan fingerprint density at radius 3 is 2.65 bits per heavy atom. The molecule has 2 bridgehead atoms. The molecule has 1 aromatic carbocycles. The zero-order chi connectivity index (χ0) is 14.3. The topological polar surface area (TPSA) is 26.3 Å². The molecule has 0 spiro atoms. The van der Waals surface area contributed by atoms with E-state index in [0.29, 0.717) is 33.9 Å². The molecule has 1 aromatic rings. The molecule has 0 heterocycles. The Labute approximate surface area is 129 Å². The van der Waals surface area contributed by atoms with E-state index >= 15 is 0 Å². The molecule has 20 heavy (non-hydrogen) atoms. The van der Waals surface area contributed by atoms with Crippen LogP contribution in [-0.2, 0) is 0 Å². The van der Waals surface area contributed by atoms with Gasteiger partial charge in [0.25, 0.3) is 0 Å². The maximum Gasteiger partial charge on any atom is 0.167 e. The first-order valence-corrected chi connectivity index (χ1v) is 8.01. The van der Waals surface area contributed by atoms with Crippen LogP contribution in [0.25, 0.3) is 0 Å². The summed E-state index contributed by atoms with van der Waals surface area (Å²) in [6.07, 6.45) is 4.69. The number of carbonyl (C=O) groups is 1. The summed E-state index contributed by atoms with van der Waals surface area (Å²) in [6, 6.07) is 3.33. The first-order chi connectivity index (χ1) is 9.60. The van der Waals surface area contributed by atoms with Gasteiger partial charge in [-0.1, -0.05) is 29.6 Å². The van der Waals surface area contributed by atoms with Crippen molar-refractivity contribution in [3.8, 4) is 5.75 Å². The predicted octanol–water partition coefficient (Wildman–Crippen LogP) is 5.01. The third kappa shape index (κ3) is 2.44. The third-order valence-electron chi connectivity index (χ3n) is 4.66. The van der Waals surface area contributed by atoms with Gasteiger partial charge in [0.2, 0.25) is 0 Å². The Bertz CT molecular complexity index is 542. The van der Waals surface area contributed by atoms with Gasteiger partial charge in [0, 0.05) is 17.5 Å². The summed E-state index contributed by atoms with van der Waals surface area (Å²) < 4.78 is 5.40. The van der Waals surface area contributed by atoms with Crippen LogP contribution in [-0.4, -0.2) is 12.4 Å².